The summed E-state index contributed by atoms with van der Waals surface area (Å²) in [4.78, 5) is 18.2. The molecule has 7 nitrogen and oxygen atoms in total. The van der Waals surface area contributed by atoms with Crippen LogP contribution in [-0.2, 0) is 9.47 Å². The SMILES string of the molecule is CCN=C(NC1CCN(C(=O)OC)CC1)NC1CC(OCC)C12CCCCC2. The van der Waals surface area contributed by atoms with E-state index in [0.717, 1.165) is 51.5 Å². The molecule has 1 saturated heterocycles. The summed E-state index contributed by atoms with van der Waals surface area (Å²) in [7, 11) is 1.44. The van der Waals surface area contributed by atoms with Gasteiger partial charge < -0.3 is 25.0 Å². The number of amides is 1. The Bertz CT molecular complexity index is 540. The van der Waals surface area contributed by atoms with E-state index in [1.54, 1.807) is 4.90 Å². The third kappa shape index (κ3) is 4.56. The van der Waals surface area contributed by atoms with Gasteiger partial charge in [-0.3, -0.25) is 4.99 Å². The molecule has 2 saturated carbocycles. The molecule has 160 valence electrons. The number of rotatable bonds is 5. The molecule has 3 aliphatic rings. The van der Waals surface area contributed by atoms with Crippen molar-refractivity contribution in [2.45, 2.75) is 83.4 Å². The molecule has 0 bridgehead atoms. The summed E-state index contributed by atoms with van der Waals surface area (Å²) in [6.07, 6.45) is 9.53. The fraction of sp³-hybridized carbons (Fsp3) is 0.905. The quantitative estimate of drug-likeness (QED) is 0.554. The molecular weight excluding hydrogens is 356 g/mol. The van der Waals surface area contributed by atoms with Crippen molar-refractivity contribution in [1.82, 2.24) is 15.5 Å². The Morgan fingerprint density at radius 1 is 1.14 bits per heavy atom. The van der Waals surface area contributed by atoms with Gasteiger partial charge in [-0.2, -0.15) is 0 Å². The number of guanidine groups is 1. The van der Waals surface area contributed by atoms with Crippen LogP contribution in [0, 0.1) is 5.41 Å². The number of ether oxygens (including phenoxy) is 2. The summed E-state index contributed by atoms with van der Waals surface area (Å²) in [5, 5.41) is 7.37. The number of likely N-dealkylation sites (tertiary alicyclic amines) is 1. The van der Waals surface area contributed by atoms with Crippen molar-refractivity contribution in [1.29, 1.82) is 0 Å². The highest BCUT2D eigenvalue weighted by Crippen LogP contribution is 2.53. The Balaban J connectivity index is 1.56. The van der Waals surface area contributed by atoms with E-state index >= 15 is 0 Å². The highest BCUT2D eigenvalue weighted by molar-refractivity contribution is 5.80. The fourth-order valence-corrected chi connectivity index (χ4v) is 5.25. The molecule has 1 spiro atoms. The zero-order valence-electron chi connectivity index (χ0n) is 17.8. The second-order valence-electron chi connectivity index (χ2n) is 8.37. The van der Waals surface area contributed by atoms with Gasteiger partial charge in [0.1, 0.15) is 0 Å². The number of nitrogens with zero attached hydrogens (tertiary/aromatic N) is 2. The van der Waals surface area contributed by atoms with Crippen molar-refractivity contribution in [3.05, 3.63) is 0 Å². The predicted octanol–water partition coefficient (Wildman–Crippen LogP) is 2.90. The van der Waals surface area contributed by atoms with Crippen LogP contribution < -0.4 is 10.6 Å². The van der Waals surface area contributed by atoms with Gasteiger partial charge in [0.2, 0.25) is 0 Å². The number of hydrogen-bond acceptors (Lipinski definition) is 4. The summed E-state index contributed by atoms with van der Waals surface area (Å²) >= 11 is 0. The van der Waals surface area contributed by atoms with Crippen LogP contribution in [0.1, 0.15) is 65.2 Å². The van der Waals surface area contributed by atoms with Gasteiger partial charge >= 0.3 is 6.09 Å². The minimum absolute atomic E-state index is 0.227. The predicted molar refractivity (Wildman–Crippen MR) is 111 cm³/mol. The lowest BCUT2D eigenvalue weighted by Crippen LogP contribution is -2.67. The normalized spacial score (nSPS) is 28.0. The molecule has 3 fully saturated rings. The average molecular weight is 395 g/mol. The molecule has 0 aromatic carbocycles. The molecular formula is C21H38N4O3. The van der Waals surface area contributed by atoms with Gasteiger partial charge in [-0.25, -0.2) is 4.79 Å². The summed E-state index contributed by atoms with van der Waals surface area (Å²) in [6, 6.07) is 0.779. The Kier molecular flexibility index (Phi) is 7.43. The van der Waals surface area contributed by atoms with E-state index in [2.05, 4.69) is 24.5 Å². The summed E-state index contributed by atoms with van der Waals surface area (Å²) in [6.45, 7) is 7.18. The first kappa shape index (κ1) is 21.2. The molecule has 0 aromatic rings. The molecule has 28 heavy (non-hydrogen) atoms. The lowest BCUT2D eigenvalue weighted by molar-refractivity contribution is -0.145. The van der Waals surface area contributed by atoms with Gasteiger partial charge in [0.25, 0.3) is 0 Å². The third-order valence-corrected chi connectivity index (χ3v) is 6.83. The molecule has 2 atom stereocenters. The van der Waals surface area contributed by atoms with Crippen LogP contribution in [0.3, 0.4) is 0 Å². The number of methoxy groups -OCH3 is 1. The second-order valence-corrected chi connectivity index (χ2v) is 8.37. The van der Waals surface area contributed by atoms with Crippen molar-refractivity contribution in [3.63, 3.8) is 0 Å². The number of carbonyl (C=O) groups is 1. The molecule has 2 aliphatic carbocycles. The number of carbonyl (C=O) groups excluding carboxylic acids is 1. The monoisotopic (exact) mass is 394 g/mol. The van der Waals surface area contributed by atoms with Crippen LogP contribution in [0.5, 0.6) is 0 Å². The minimum atomic E-state index is -0.227. The molecule has 0 radical (unpaired) electrons. The maximum absolute atomic E-state index is 11.7. The minimum Gasteiger partial charge on any atom is -0.453 e. The molecule has 7 heteroatoms. The van der Waals surface area contributed by atoms with E-state index in [4.69, 9.17) is 14.5 Å². The second kappa shape index (κ2) is 9.81. The van der Waals surface area contributed by atoms with Crippen molar-refractivity contribution >= 4 is 12.1 Å². The maximum Gasteiger partial charge on any atom is 0.409 e. The van der Waals surface area contributed by atoms with Crippen molar-refractivity contribution in [2.24, 2.45) is 10.4 Å². The highest BCUT2D eigenvalue weighted by Gasteiger charge is 2.55. The lowest BCUT2D eigenvalue weighted by atomic mass is 9.55. The molecule has 3 rings (SSSR count). The number of aliphatic imine (C=N–C) groups is 1. The smallest absolute Gasteiger partial charge is 0.409 e. The average Bonchev–Trinajstić information content (AvgIpc) is 2.73. The molecule has 2 unspecified atom stereocenters. The molecule has 2 N–H and O–H groups in total. The van der Waals surface area contributed by atoms with Crippen molar-refractivity contribution < 1.29 is 14.3 Å². The van der Waals surface area contributed by atoms with E-state index in [1.807, 2.05) is 0 Å². The van der Waals surface area contributed by atoms with Gasteiger partial charge in [0.15, 0.2) is 5.96 Å². The number of nitrogens with one attached hydrogen (secondary N) is 2. The van der Waals surface area contributed by atoms with Crippen LogP contribution in [-0.4, -0.2) is 68.5 Å². The fourth-order valence-electron chi connectivity index (χ4n) is 5.25. The van der Waals surface area contributed by atoms with Crippen LogP contribution in [0.4, 0.5) is 4.79 Å². The Morgan fingerprint density at radius 2 is 1.86 bits per heavy atom. The van der Waals surface area contributed by atoms with Crippen molar-refractivity contribution in [2.75, 3.05) is 33.4 Å². The first-order valence-electron chi connectivity index (χ1n) is 11.1. The van der Waals surface area contributed by atoms with Gasteiger partial charge in [-0.05, 0) is 46.0 Å². The van der Waals surface area contributed by atoms with Crippen LogP contribution in [0.25, 0.3) is 0 Å². The van der Waals surface area contributed by atoms with Gasteiger partial charge in [0, 0.05) is 43.7 Å². The van der Waals surface area contributed by atoms with E-state index in [1.165, 1.54) is 39.2 Å². The van der Waals surface area contributed by atoms with E-state index in [-0.39, 0.29) is 11.5 Å². The summed E-state index contributed by atoms with van der Waals surface area (Å²) in [5.74, 6) is 0.920. The molecule has 1 aliphatic heterocycles. The van der Waals surface area contributed by atoms with Gasteiger partial charge in [-0.15, -0.1) is 0 Å². The molecule has 0 aromatic heterocycles. The standard InChI is InChI=1S/C21H38N4O3/c1-4-22-19(23-16-9-13-25(14-10-16)20(26)27-3)24-17-15-18(28-5-2)21(17)11-7-6-8-12-21/h16-18H,4-15H2,1-3H3,(H2,22,23,24). The van der Waals surface area contributed by atoms with E-state index < -0.39 is 0 Å². The van der Waals surface area contributed by atoms with Gasteiger partial charge in [0.05, 0.1) is 13.2 Å². The lowest BCUT2D eigenvalue weighted by Gasteiger charge is -2.58. The first-order chi connectivity index (χ1) is 13.6. The van der Waals surface area contributed by atoms with Crippen LogP contribution in [0.15, 0.2) is 4.99 Å². The number of hydrogen-bond donors (Lipinski definition) is 2. The van der Waals surface area contributed by atoms with Crippen LogP contribution in [0.2, 0.25) is 0 Å². The van der Waals surface area contributed by atoms with Crippen molar-refractivity contribution in [3.8, 4) is 0 Å². The molecule has 1 heterocycles. The third-order valence-electron chi connectivity index (χ3n) is 6.83. The van der Waals surface area contributed by atoms with E-state index in [9.17, 15) is 4.79 Å². The highest BCUT2D eigenvalue weighted by atomic mass is 16.5. The number of piperidine rings is 1. The maximum atomic E-state index is 11.7. The van der Waals surface area contributed by atoms with Crippen LogP contribution >= 0.6 is 0 Å². The summed E-state index contributed by atoms with van der Waals surface area (Å²) in [5.41, 5.74) is 0.276. The first-order valence-corrected chi connectivity index (χ1v) is 11.1. The Labute approximate surface area is 169 Å². The zero-order chi connectivity index (χ0) is 20.0. The van der Waals surface area contributed by atoms with E-state index in [0.29, 0.717) is 18.2 Å². The topological polar surface area (TPSA) is 75.2 Å². The van der Waals surface area contributed by atoms with Gasteiger partial charge in [-0.1, -0.05) is 19.3 Å². The summed E-state index contributed by atoms with van der Waals surface area (Å²) < 4.78 is 10.9. The Morgan fingerprint density at radius 3 is 2.46 bits per heavy atom. The molecule has 1 amide bonds. The largest absolute Gasteiger partial charge is 0.453 e. The zero-order valence-corrected chi connectivity index (χ0v) is 17.8. The Hall–Kier alpha value is -1.50.